The van der Waals surface area contributed by atoms with Crippen LogP contribution in [-0.4, -0.2) is 28.1 Å². The van der Waals surface area contributed by atoms with Crippen LogP contribution in [0.25, 0.3) is 0 Å². The number of aliphatic carboxylic acids is 1. The number of carbonyl (C=O) groups excluding carboxylic acids is 1. The van der Waals surface area contributed by atoms with Gasteiger partial charge in [0, 0.05) is 12.3 Å². The maximum absolute atomic E-state index is 11.7. The highest BCUT2D eigenvalue weighted by Crippen LogP contribution is 2.20. The van der Waals surface area contributed by atoms with E-state index in [0.29, 0.717) is 0 Å². The first-order valence-electron chi connectivity index (χ1n) is 9.37. The number of aliphatic hydroxyl groups excluding tert-OH is 1. The van der Waals surface area contributed by atoms with E-state index in [2.05, 4.69) is 6.92 Å². The van der Waals surface area contributed by atoms with Crippen molar-refractivity contribution in [3.05, 3.63) is 0 Å². The molecule has 0 saturated carbocycles. The number of Topliss-reactive ketones (excluding diaryl/α,β-unsaturated/α-hetero) is 1. The molecule has 0 bridgehead atoms. The highest BCUT2D eigenvalue weighted by molar-refractivity contribution is 5.78. The number of hydrogen-bond donors (Lipinski definition) is 2. The third-order valence-corrected chi connectivity index (χ3v) is 4.50. The summed E-state index contributed by atoms with van der Waals surface area (Å²) >= 11 is 0. The summed E-state index contributed by atoms with van der Waals surface area (Å²) in [7, 11) is 0. The van der Waals surface area contributed by atoms with Gasteiger partial charge in [0.15, 0.2) is 0 Å². The van der Waals surface area contributed by atoms with E-state index in [1.807, 2.05) is 0 Å². The van der Waals surface area contributed by atoms with E-state index in [1.54, 1.807) is 6.92 Å². The molecule has 0 aliphatic carbocycles. The van der Waals surface area contributed by atoms with Crippen molar-refractivity contribution in [2.45, 2.75) is 103 Å². The fourth-order valence-electron chi connectivity index (χ4n) is 2.95. The van der Waals surface area contributed by atoms with Gasteiger partial charge in [0.2, 0.25) is 0 Å². The number of ketones is 1. The Bertz CT molecular complexity index is 314. The predicted octanol–water partition coefficient (Wildman–Crippen LogP) is 4.73. The van der Waals surface area contributed by atoms with Gasteiger partial charge >= 0.3 is 5.97 Å². The Morgan fingerprint density at radius 2 is 1.39 bits per heavy atom. The summed E-state index contributed by atoms with van der Waals surface area (Å²) < 4.78 is 0. The van der Waals surface area contributed by atoms with Crippen molar-refractivity contribution >= 4 is 11.8 Å². The maximum Gasteiger partial charge on any atom is 0.303 e. The van der Waals surface area contributed by atoms with Crippen LogP contribution in [0.15, 0.2) is 0 Å². The number of carboxylic acids is 1. The summed E-state index contributed by atoms with van der Waals surface area (Å²) in [6.45, 7) is 3.82. The highest BCUT2D eigenvalue weighted by Gasteiger charge is 2.14. The van der Waals surface area contributed by atoms with Crippen LogP contribution in [0.2, 0.25) is 0 Å². The molecular weight excluding hydrogens is 292 g/mol. The molecule has 0 radical (unpaired) electrons. The summed E-state index contributed by atoms with van der Waals surface area (Å²) in [5, 5.41) is 18.5. The Hall–Kier alpha value is -0.900. The normalized spacial score (nSPS) is 13.7. The average molecular weight is 328 g/mol. The third kappa shape index (κ3) is 14.4. The summed E-state index contributed by atoms with van der Waals surface area (Å²) in [4.78, 5) is 22.1. The standard InChI is InChI=1S/C19H36O4/c1-3-4-7-13-18(21)14-10-12-17(16(2)20)11-8-5-6-9-15-19(22)23/h17-18,21H,3-15H2,1-2H3,(H,22,23)/t17-,18+/m0/s1. The molecule has 0 aromatic carbocycles. The van der Waals surface area contributed by atoms with Gasteiger partial charge in [-0.15, -0.1) is 0 Å². The van der Waals surface area contributed by atoms with Crippen molar-refractivity contribution in [1.82, 2.24) is 0 Å². The van der Waals surface area contributed by atoms with Gasteiger partial charge in [-0.3, -0.25) is 9.59 Å². The minimum Gasteiger partial charge on any atom is -0.481 e. The van der Waals surface area contributed by atoms with E-state index in [-0.39, 0.29) is 24.2 Å². The van der Waals surface area contributed by atoms with Gasteiger partial charge in [-0.05, 0) is 39.0 Å². The quantitative estimate of drug-likeness (QED) is 0.402. The van der Waals surface area contributed by atoms with Gasteiger partial charge in [-0.2, -0.15) is 0 Å². The molecule has 0 aromatic rings. The molecule has 0 rings (SSSR count). The molecule has 2 N–H and O–H groups in total. The zero-order valence-corrected chi connectivity index (χ0v) is 15.1. The molecule has 0 spiro atoms. The molecule has 4 heteroatoms. The number of hydrogen-bond acceptors (Lipinski definition) is 3. The first-order valence-corrected chi connectivity index (χ1v) is 9.37. The fourth-order valence-corrected chi connectivity index (χ4v) is 2.95. The molecule has 0 heterocycles. The summed E-state index contributed by atoms with van der Waals surface area (Å²) in [6.07, 6.45) is 11.5. The van der Waals surface area contributed by atoms with E-state index in [9.17, 15) is 14.7 Å². The maximum atomic E-state index is 11.7. The third-order valence-electron chi connectivity index (χ3n) is 4.50. The first kappa shape index (κ1) is 22.1. The van der Waals surface area contributed by atoms with Gasteiger partial charge in [-0.25, -0.2) is 0 Å². The molecule has 23 heavy (non-hydrogen) atoms. The van der Waals surface area contributed by atoms with Crippen LogP contribution < -0.4 is 0 Å². The van der Waals surface area contributed by atoms with E-state index in [1.165, 1.54) is 12.8 Å². The Morgan fingerprint density at radius 1 is 0.826 bits per heavy atom. The van der Waals surface area contributed by atoms with Gasteiger partial charge in [0.05, 0.1) is 6.10 Å². The molecule has 0 saturated heterocycles. The zero-order chi connectivity index (χ0) is 17.5. The SMILES string of the molecule is CCCCC[C@@H](O)CCC[C@H](CCCCCCC(=O)O)C(C)=O. The van der Waals surface area contributed by atoms with Crippen LogP contribution in [-0.2, 0) is 9.59 Å². The lowest BCUT2D eigenvalue weighted by Gasteiger charge is -2.15. The second-order valence-electron chi connectivity index (χ2n) is 6.73. The Balaban J connectivity index is 3.73. The van der Waals surface area contributed by atoms with Crippen LogP contribution in [0, 0.1) is 5.92 Å². The van der Waals surface area contributed by atoms with Crippen molar-refractivity contribution in [3.63, 3.8) is 0 Å². The lowest BCUT2D eigenvalue weighted by Crippen LogP contribution is -2.13. The lowest BCUT2D eigenvalue weighted by molar-refractivity contribution is -0.137. The van der Waals surface area contributed by atoms with E-state index >= 15 is 0 Å². The molecule has 2 atom stereocenters. The topological polar surface area (TPSA) is 74.6 Å². The summed E-state index contributed by atoms with van der Waals surface area (Å²) in [6, 6.07) is 0. The Labute approximate surface area is 141 Å². The van der Waals surface area contributed by atoms with E-state index in [0.717, 1.165) is 64.2 Å². The van der Waals surface area contributed by atoms with Crippen LogP contribution in [0.4, 0.5) is 0 Å². The summed E-state index contributed by atoms with van der Waals surface area (Å²) in [5.41, 5.74) is 0. The largest absolute Gasteiger partial charge is 0.481 e. The lowest BCUT2D eigenvalue weighted by atomic mass is 9.91. The molecule has 0 aromatic heterocycles. The van der Waals surface area contributed by atoms with Crippen molar-refractivity contribution in [3.8, 4) is 0 Å². The van der Waals surface area contributed by atoms with Gasteiger partial charge in [0.1, 0.15) is 5.78 Å². The Morgan fingerprint density at radius 3 is 2.00 bits per heavy atom. The smallest absolute Gasteiger partial charge is 0.303 e. The molecule has 0 fully saturated rings. The number of aliphatic hydroxyl groups is 1. The number of carbonyl (C=O) groups is 2. The monoisotopic (exact) mass is 328 g/mol. The van der Waals surface area contributed by atoms with Crippen LogP contribution in [0.5, 0.6) is 0 Å². The van der Waals surface area contributed by atoms with E-state index in [4.69, 9.17) is 5.11 Å². The number of carboxylic acid groups (broad SMARTS) is 1. The van der Waals surface area contributed by atoms with Gasteiger partial charge < -0.3 is 10.2 Å². The number of rotatable bonds is 16. The number of unbranched alkanes of at least 4 members (excludes halogenated alkanes) is 5. The molecule has 0 aliphatic heterocycles. The first-order chi connectivity index (χ1) is 11.0. The van der Waals surface area contributed by atoms with Crippen LogP contribution >= 0.6 is 0 Å². The van der Waals surface area contributed by atoms with Crippen molar-refractivity contribution in [1.29, 1.82) is 0 Å². The molecular formula is C19H36O4. The molecule has 0 aliphatic rings. The second-order valence-corrected chi connectivity index (χ2v) is 6.73. The fraction of sp³-hybridized carbons (Fsp3) is 0.895. The van der Waals surface area contributed by atoms with E-state index < -0.39 is 5.97 Å². The minimum absolute atomic E-state index is 0.109. The predicted molar refractivity (Wildman–Crippen MR) is 93.5 cm³/mol. The van der Waals surface area contributed by atoms with Crippen LogP contribution in [0.3, 0.4) is 0 Å². The molecule has 136 valence electrons. The van der Waals surface area contributed by atoms with Crippen molar-refractivity contribution < 1.29 is 19.8 Å². The highest BCUT2D eigenvalue weighted by atomic mass is 16.4. The molecule has 0 unspecified atom stereocenters. The van der Waals surface area contributed by atoms with Crippen molar-refractivity contribution in [2.24, 2.45) is 5.92 Å². The molecule has 4 nitrogen and oxygen atoms in total. The van der Waals surface area contributed by atoms with Crippen molar-refractivity contribution in [2.75, 3.05) is 0 Å². The second kappa shape index (κ2) is 14.7. The minimum atomic E-state index is -0.732. The molecule has 0 amide bonds. The zero-order valence-electron chi connectivity index (χ0n) is 15.1. The van der Waals surface area contributed by atoms with Crippen LogP contribution in [0.1, 0.15) is 97.3 Å². The summed E-state index contributed by atoms with van der Waals surface area (Å²) in [5.74, 6) is -0.377. The van der Waals surface area contributed by atoms with Gasteiger partial charge in [-0.1, -0.05) is 51.9 Å². The van der Waals surface area contributed by atoms with Gasteiger partial charge in [0.25, 0.3) is 0 Å². The average Bonchev–Trinajstić information content (AvgIpc) is 2.48. The Kier molecular flexibility index (Phi) is 14.1.